The van der Waals surface area contributed by atoms with Crippen LogP contribution in [0.2, 0.25) is 0 Å². The topological polar surface area (TPSA) is 83.1 Å². The maximum atomic E-state index is 6.08. The van der Waals surface area contributed by atoms with Crippen LogP contribution in [0.1, 0.15) is 24.0 Å². The highest BCUT2D eigenvalue weighted by molar-refractivity contribution is 5.73. The summed E-state index contributed by atoms with van der Waals surface area (Å²) in [7, 11) is 0. The van der Waals surface area contributed by atoms with Crippen molar-refractivity contribution in [2.24, 2.45) is 0 Å². The van der Waals surface area contributed by atoms with Crippen molar-refractivity contribution in [3.63, 3.8) is 0 Å². The molecule has 2 aliphatic heterocycles. The maximum absolute atomic E-state index is 6.08. The number of aromatic nitrogens is 2. The number of nitrogens with one attached hydrogen (secondary N) is 4. The highest BCUT2D eigenvalue weighted by atomic mass is 16.5. The van der Waals surface area contributed by atoms with Crippen LogP contribution in [0.4, 0.5) is 28.8 Å². The van der Waals surface area contributed by atoms with Gasteiger partial charge in [0, 0.05) is 40.9 Å². The van der Waals surface area contributed by atoms with Crippen LogP contribution >= 0.6 is 0 Å². The monoisotopic (exact) mass is 416 g/mol. The highest BCUT2D eigenvalue weighted by Gasteiger charge is 2.16. The summed E-state index contributed by atoms with van der Waals surface area (Å²) in [5.41, 5.74) is 5.52. The van der Waals surface area contributed by atoms with Gasteiger partial charge in [-0.15, -0.1) is 0 Å². The Hall–Kier alpha value is -3.32. The second kappa shape index (κ2) is 8.81. The molecule has 7 nitrogen and oxygen atoms in total. The number of ether oxygens (including phenoxy) is 1. The van der Waals surface area contributed by atoms with Crippen LogP contribution in [0.3, 0.4) is 0 Å². The molecule has 2 aromatic carbocycles. The zero-order valence-corrected chi connectivity index (χ0v) is 17.7. The summed E-state index contributed by atoms with van der Waals surface area (Å²) in [5, 5.41) is 13.6. The Bertz CT molecular complexity index is 1050. The van der Waals surface area contributed by atoms with E-state index in [-0.39, 0.29) is 0 Å². The van der Waals surface area contributed by atoms with Crippen molar-refractivity contribution in [3.8, 4) is 5.75 Å². The first kappa shape index (κ1) is 19.6. The van der Waals surface area contributed by atoms with E-state index in [1.807, 2.05) is 37.4 Å². The third-order valence-corrected chi connectivity index (χ3v) is 5.79. The summed E-state index contributed by atoms with van der Waals surface area (Å²) >= 11 is 0. The van der Waals surface area contributed by atoms with Crippen LogP contribution < -0.4 is 26.0 Å². The van der Waals surface area contributed by atoms with Crippen LogP contribution in [0, 0.1) is 6.92 Å². The molecule has 0 amide bonds. The molecule has 0 aliphatic carbocycles. The molecule has 0 bridgehead atoms. The molecule has 160 valence electrons. The number of fused-ring (bicyclic) bond motifs is 1. The van der Waals surface area contributed by atoms with Gasteiger partial charge in [-0.3, -0.25) is 0 Å². The van der Waals surface area contributed by atoms with Gasteiger partial charge in [0.25, 0.3) is 0 Å². The molecular formula is C24H28N6O. The van der Waals surface area contributed by atoms with Gasteiger partial charge in [-0.1, -0.05) is 6.07 Å². The van der Waals surface area contributed by atoms with Crippen molar-refractivity contribution >= 4 is 28.8 Å². The Kier molecular flexibility index (Phi) is 5.58. The number of hydrogen-bond acceptors (Lipinski definition) is 7. The maximum Gasteiger partial charge on any atom is 0.229 e. The van der Waals surface area contributed by atoms with E-state index in [4.69, 9.17) is 9.72 Å². The number of hydrogen-bond donors (Lipinski definition) is 4. The number of piperidine rings is 1. The molecule has 7 heteroatoms. The molecule has 3 heterocycles. The second-order valence-corrected chi connectivity index (χ2v) is 8.08. The van der Waals surface area contributed by atoms with Gasteiger partial charge in [0.15, 0.2) is 0 Å². The van der Waals surface area contributed by atoms with Gasteiger partial charge >= 0.3 is 0 Å². The molecule has 4 N–H and O–H groups in total. The van der Waals surface area contributed by atoms with Gasteiger partial charge in [0.1, 0.15) is 17.7 Å². The highest BCUT2D eigenvalue weighted by Crippen LogP contribution is 2.32. The molecule has 0 saturated carbocycles. The lowest BCUT2D eigenvalue weighted by molar-refractivity contribution is 0.162. The SMILES string of the molecule is Cc1cnc(Nc2ccc(OC3CCNCC3)cc2)nc1Nc1cccc2c1CCN2. The minimum absolute atomic E-state index is 0.295. The summed E-state index contributed by atoms with van der Waals surface area (Å²) in [6.07, 6.45) is 5.25. The van der Waals surface area contributed by atoms with Crippen LogP contribution in [0.5, 0.6) is 5.75 Å². The molecule has 1 aromatic heterocycles. The predicted molar refractivity (Wildman–Crippen MR) is 125 cm³/mol. The Morgan fingerprint density at radius 3 is 2.68 bits per heavy atom. The van der Waals surface area contributed by atoms with E-state index >= 15 is 0 Å². The fourth-order valence-corrected chi connectivity index (χ4v) is 4.07. The van der Waals surface area contributed by atoms with Crippen LogP contribution in [-0.2, 0) is 6.42 Å². The number of nitrogens with zero attached hydrogens (tertiary/aromatic N) is 2. The standard InChI is InChI=1S/C24H28N6O/c1-16-15-27-24(30-23(16)29-22-4-2-3-21-20(22)11-14-26-21)28-17-5-7-18(8-6-17)31-19-9-12-25-13-10-19/h2-8,15,19,25-26H,9-14H2,1H3,(H2,27,28,29,30). The fraction of sp³-hybridized carbons (Fsp3) is 0.333. The molecular weight excluding hydrogens is 388 g/mol. The average Bonchev–Trinajstić information content (AvgIpc) is 3.28. The van der Waals surface area contributed by atoms with E-state index in [2.05, 4.69) is 44.5 Å². The number of aryl methyl sites for hydroxylation is 1. The molecule has 1 saturated heterocycles. The van der Waals surface area contributed by atoms with E-state index in [1.165, 1.54) is 11.3 Å². The van der Waals surface area contributed by atoms with Gasteiger partial charge in [-0.05, 0) is 75.7 Å². The lowest BCUT2D eigenvalue weighted by Crippen LogP contribution is -2.34. The van der Waals surface area contributed by atoms with Gasteiger partial charge in [0.2, 0.25) is 5.95 Å². The van der Waals surface area contributed by atoms with Gasteiger partial charge < -0.3 is 26.0 Å². The number of rotatable bonds is 6. The summed E-state index contributed by atoms with van der Waals surface area (Å²) in [4.78, 5) is 9.16. The number of benzene rings is 2. The van der Waals surface area contributed by atoms with E-state index in [0.717, 1.165) is 67.4 Å². The van der Waals surface area contributed by atoms with E-state index < -0.39 is 0 Å². The first-order valence-electron chi connectivity index (χ1n) is 11.0. The lowest BCUT2D eigenvalue weighted by atomic mass is 10.1. The van der Waals surface area contributed by atoms with Crippen LogP contribution in [-0.4, -0.2) is 35.7 Å². The quantitative estimate of drug-likeness (QED) is 0.475. The van der Waals surface area contributed by atoms with Crippen LogP contribution in [0.15, 0.2) is 48.7 Å². The summed E-state index contributed by atoms with van der Waals surface area (Å²) in [6, 6.07) is 14.3. The van der Waals surface area contributed by atoms with Crippen molar-refractivity contribution in [3.05, 3.63) is 59.8 Å². The van der Waals surface area contributed by atoms with E-state index in [0.29, 0.717) is 12.1 Å². The van der Waals surface area contributed by atoms with Crippen molar-refractivity contribution in [2.75, 3.05) is 35.6 Å². The van der Waals surface area contributed by atoms with E-state index in [9.17, 15) is 0 Å². The molecule has 1 fully saturated rings. The fourth-order valence-electron chi connectivity index (χ4n) is 4.07. The minimum Gasteiger partial charge on any atom is -0.490 e. The Balaban J connectivity index is 1.27. The zero-order chi connectivity index (χ0) is 21.0. The van der Waals surface area contributed by atoms with Crippen molar-refractivity contribution < 1.29 is 4.74 Å². The third kappa shape index (κ3) is 4.56. The van der Waals surface area contributed by atoms with Gasteiger partial charge in [-0.25, -0.2) is 4.98 Å². The summed E-state index contributed by atoms with van der Waals surface area (Å²) in [6.45, 7) is 5.03. The van der Waals surface area contributed by atoms with E-state index in [1.54, 1.807) is 0 Å². The summed E-state index contributed by atoms with van der Waals surface area (Å²) < 4.78 is 6.08. The van der Waals surface area contributed by atoms with Gasteiger partial charge in [-0.2, -0.15) is 4.98 Å². The smallest absolute Gasteiger partial charge is 0.229 e. The molecule has 0 radical (unpaired) electrons. The van der Waals surface area contributed by atoms with Crippen molar-refractivity contribution in [1.82, 2.24) is 15.3 Å². The van der Waals surface area contributed by atoms with Crippen molar-refractivity contribution in [1.29, 1.82) is 0 Å². The molecule has 0 atom stereocenters. The second-order valence-electron chi connectivity index (χ2n) is 8.08. The summed E-state index contributed by atoms with van der Waals surface area (Å²) in [5.74, 6) is 2.27. The Morgan fingerprint density at radius 2 is 1.84 bits per heavy atom. The average molecular weight is 417 g/mol. The molecule has 0 spiro atoms. The lowest BCUT2D eigenvalue weighted by Gasteiger charge is -2.23. The number of anilines is 5. The van der Waals surface area contributed by atoms with Gasteiger partial charge in [0.05, 0.1) is 0 Å². The Morgan fingerprint density at radius 1 is 1.00 bits per heavy atom. The predicted octanol–water partition coefficient (Wildman–Crippen LogP) is 4.37. The molecule has 5 rings (SSSR count). The normalized spacial score (nSPS) is 15.8. The minimum atomic E-state index is 0.295. The zero-order valence-electron chi connectivity index (χ0n) is 17.7. The molecule has 31 heavy (non-hydrogen) atoms. The largest absolute Gasteiger partial charge is 0.490 e. The van der Waals surface area contributed by atoms with Crippen molar-refractivity contribution in [2.45, 2.75) is 32.3 Å². The third-order valence-electron chi connectivity index (χ3n) is 5.79. The van der Waals surface area contributed by atoms with Crippen LogP contribution in [0.25, 0.3) is 0 Å². The molecule has 2 aliphatic rings. The Labute approximate surface area is 182 Å². The molecule has 3 aromatic rings. The molecule has 0 unspecified atom stereocenters. The first-order valence-corrected chi connectivity index (χ1v) is 11.0. The first-order chi connectivity index (χ1) is 15.2.